The molecule has 19 heavy (non-hydrogen) atoms. The van der Waals surface area contributed by atoms with E-state index in [1.807, 2.05) is 13.0 Å². The Balaban J connectivity index is 2.08. The lowest BCUT2D eigenvalue weighted by molar-refractivity contribution is 0.284. The zero-order valence-corrected chi connectivity index (χ0v) is 13.2. The molecule has 6 heteroatoms. The van der Waals surface area contributed by atoms with Crippen LogP contribution >= 0.6 is 11.3 Å². The van der Waals surface area contributed by atoms with E-state index in [0.29, 0.717) is 23.3 Å². The van der Waals surface area contributed by atoms with Gasteiger partial charge in [0, 0.05) is 24.0 Å². The van der Waals surface area contributed by atoms with Crippen LogP contribution in [-0.2, 0) is 10.0 Å². The van der Waals surface area contributed by atoms with Crippen LogP contribution in [0, 0.1) is 6.92 Å². The molecule has 2 rings (SSSR count). The van der Waals surface area contributed by atoms with Gasteiger partial charge in [-0.1, -0.05) is 6.92 Å². The molecule has 1 saturated heterocycles. The Bertz CT molecular complexity index is 510. The quantitative estimate of drug-likeness (QED) is 0.907. The summed E-state index contributed by atoms with van der Waals surface area (Å²) in [6, 6.07) is 3.89. The van der Waals surface area contributed by atoms with Gasteiger partial charge in [0.1, 0.15) is 4.21 Å². The van der Waals surface area contributed by atoms with Crippen molar-refractivity contribution in [3.63, 3.8) is 0 Å². The summed E-state index contributed by atoms with van der Waals surface area (Å²) in [5, 5.41) is 3.43. The van der Waals surface area contributed by atoms with E-state index in [2.05, 4.69) is 12.2 Å². The average Bonchev–Trinajstić information content (AvgIpc) is 2.84. The second-order valence-electron chi connectivity index (χ2n) is 5.02. The van der Waals surface area contributed by atoms with Crippen molar-refractivity contribution in [2.24, 2.45) is 0 Å². The van der Waals surface area contributed by atoms with Crippen molar-refractivity contribution in [3.8, 4) is 0 Å². The number of nitrogens with zero attached hydrogens (tertiary/aromatic N) is 1. The van der Waals surface area contributed by atoms with E-state index in [0.717, 1.165) is 30.7 Å². The minimum Gasteiger partial charge on any atom is -0.313 e. The van der Waals surface area contributed by atoms with Gasteiger partial charge in [-0.05, 0) is 44.9 Å². The molecule has 4 nitrogen and oxygen atoms in total. The summed E-state index contributed by atoms with van der Waals surface area (Å²) >= 11 is 1.36. The van der Waals surface area contributed by atoms with Crippen molar-refractivity contribution in [2.45, 2.75) is 43.4 Å². The lowest BCUT2D eigenvalue weighted by Crippen LogP contribution is -2.47. The van der Waals surface area contributed by atoms with Crippen LogP contribution in [-0.4, -0.2) is 38.4 Å². The summed E-state index contributed by atoms with van der Waals surface area (Å²) < 4.78 is 27.2. The van der Waals surface area contributed by atoms with Gasteiger partial charge in [-0.15, -0.1) is 11.3 Å². The maximum Gasteiger partial charge on any atom is 0.252 e. The number of thiophene rings is 1. The molecule has 1 fully saturated rings. The molecule has 1 N–H and O–H groups in total. The fourth-order valence-corrected chi connectivity index (χ4v) is 5.32. The third-order valence-electron chi connectivity index (χ3n) is 3.38. The summed E-state index contributed by atoms with van der Waals surface area (Å²) in [5.41, 5.74) is 0. The molecule has 1 aliphatic heterocycles. The van der Waals surface area contributed by atoms with Gasteiger partial charge in [0.15, 0.2) is 0 Å². The van der Waals surface area contributed by atoms with Gasteiger partial charge in [0.2, 0.25) is 0 Å². The predicted octanol–water partition coefficient (Wildman–Crippen LogP) is 2.21. The number of piperidine rings is 1. The molecule has 0 radical (unpaired) electrons. The van der Waals surface area contributed by atoms with E-state index >= 15 is 0 Å². The second kappa shape index (κ2) is 6.35. The van der Waals surface area contributed by atoms with Crippen LogP contribution in [0.5, 0.6) is 0 Å². The smallest absolute Gasteiger partial charge is 0.252 e. The van der Waals surface area contributed by atoms with Crippen molar-refractivity contribution in [2.75, 3.05) is 19.6 Å². The molecule has 0 saturated carbocycles. The molecule has 1 unspecified atom stereocenters. The number of aryl methyl sites for hydroxylation is 1. The number of hydrogen-bond donors (Lipinski definition) is 1. The minimum absolute atomic E-state index is 0.296. The SMILES string of the molecule is CCCNC1CCCN(S(=O)(=O)c2ccc(C)s2)C1. The first-order valence-electron chi connectivity index (χ1n) is 6.84. The Hall–Kier alpha value is -0.430. The summed E-state index contributed by atoms with van der Waals surface area (Å²) in [5.74, 6) is 0. The minimum atomic E-state index is -3.29. The van der Waals surface area contributed by atoms with E-state index in [1.165, 1.54) is 11.3 Å². The molecular weight excluding hydrogens is 280 g/mol. The zero-order chi connectivity index (χ0) is 13.9. The average molecular weight is 302 g/mol. The van der Waals surface area contributed by atoms with Crippen LogP contribution in [0.1, 0.15) is 31.1 Å². The van der Waals surface area contributed by atoms with Gasteiger partial charge in [0.05, 0.1) is 0 Å². The standard InChI is InChI=1S/C13H22N2O2S2/c1-3-8-14-12-5-4-9-15(10-12)19(16,17)13-7-6-11(2)18-13/h6-7,12,14H,3-5,8-10H2,1-2H3. The molecular formula is C13H22N2O2S2. The van der Waals surface area contributed by atoms with E-state index in [-0.39, 0.29) is 0 Å². The van der Waals surface area contributed by atoms with E-state index < -0.39 is 10.0 Å². The molecule has 0 amide bonds. The van der Waals surface area contributed by atoms with Gasteiger partial charge in [-0.25, -0.2) is 8.42 Å². The van der Waals surface area contributed by atoms with Crippen LogP contribution in [0.4, 0.5) is 0 Å². The second-order valence-corrected chi connectivity index (χ2v) is 8.47. The third-order valence-corrected chi connectivity index (χ3v) is 6.71. The normalized spacial score (nSPS) is 21.7. The van der Waals surface area contributed by atoms with E-state index in [9.17, 15) is 8.42 Å². The Labute approximate surface area is 119 Å². The van der Waals surface area contributed by atoms with Crippen LogP contribution in [0.2, 0.25) is 0 Å². The molecule has 0 spiro atoms. The van der Waals surface area contributed by atoms with Gasteiger partial charge in [-0.3, -0.25) is 0 Å². The summed E-state index contributed by atoms with van der Waals surface area (Å²) in [7, 11) is -3.29. The Morgan fingerprint density at radius 1 is 1.47 bits per heavy atom. The van der Waals surface area contributed by atoms with Crippen LogP contribution in [0.3, 0.4) is 0 Å². The highest BCUT2D eigenvalue weighted by molar-refractivity contribution is 7.91. The maximum atomic E-state index is 12.5. The van der Waals surface area contributed by atoms with Gasteiger partial charge in [-0.2, -0.15) is 4.31 Å². The van der Waals surface area contributed by atoms with Gasteiger partial charge >= 0.3 is 0 Å². The first kappa shape index (κ1) is 15.0. The summed E-state index contributed by atoms with van der Waals surface area (Å²) in [6.07, 6.45) is 3.08. The number of sulfonamides is 1. The van der Waals surface area contributed by atoms with Crippen molar-refractivity contribution >= 4 is 21.4 Å². The first-order chi connectivity index (χ1) is 9.04. The molecule has 1 aromatic rings. The summed E-state index contributed by atoms with van der Waals surface area (Å²) in [6.45, 7) is 6.25. The molecule has 1 aliphatic rings. The van der Waals surface area contributed by atoms with Gasteiger partial charge < -0.3 is 5.32 Å². The van der Waals surface area contributed by atoms with E-state index in [4.69, 9.17) is 0 Å². The lowest BCUT2D eigenvalue weighted by atomic mass is 10.1. The molecule has 0 aliphatic carbocycles. The highest BCUT2D eigenvalue weighted by Gasteiger charge is 2.30. The number of rotatable bonds is 5. The van der Waals surface area contributed by atoms with Crippen molar-refractivity contribution < 1.29 is 8.42 Å². The molecule has 0 aromatic carbocycles. The third kappa shape index (κ3) is 3.56. The topological polar surface area (TPSA) is 49.4 Å². The van der Waals surface area contributed by atoms with Crippen LogP contribution in [0.15, 0.2) is 16.3 Å². The first-order valence-corrected chi connectivity index (χ1v) is 9.09. The van der Waals surface area contributed by atoms with Crippen LogP contribution < -0.4 is 5.32 Å². The molecule has 1 aromatic heterocycles. The molecule has 1 atom stereocenters. The Morgan fingerprint density at radius 2 is 2.26 bits per heavy atom. The predicted molar refractivity (Wildman–Crippen MR) is 79.1 cm³/mol. The number of hydrogen-bond acceptors (Lipinski definition) is 4. The van der Waals surface area contributed by atoms with Crippen LogP contribution in [0.25, 0.3) is 0 Å². The zero-order valence-electron chi connectivity index (χ0n) is 11.6. The van der Waals surface area contributed by atoms with Crippen molar-refractivity contribution in [3.05, 3.63) is 17.0 Å². The molecule has 0 bridgehead atoms. The summed E-state index contributed by atoms with van der Waals surface area (Å²) in [4.78, 5) is 1.04. The van der Waals surface area contributed by atoms with Crippen molar-refractivity contribution in [1.82, 2.24) is 9.62 Å². The maximum absolute atomic E-state index is 12.5. The fraction of sp³-hybridized carbons (Fsp3) is 0.692. The Morgan fingerprint density at radius 3 is 2.89 bits per heavy atom. The Kier molecular flexibility index (Phi) is 5.00. The van der Waals surface area contributed by atoms with Crippen molar-refractivity contribution in [1.29, 1.82) is 0 Å². The largest absolute Gasteiger partial charge is 0.313 e. The fourth-order valence-electron chi connectivity index (χ4n) is 2.35. The highest BCUT2D eigenvalue weighted by atomic mass is 32.2. The van der Waals surface area contributed by atoms with Gasteiger partial charge in [0.25, 0.3) is 10.0 Å². The molecule has 108 valence electrons. The molecule has 2 heterocycles. The lowest BCUT2D eigenvalue weighted by Gasteiger charge is -2.32. The van der Waals surface area contributed by atoms with E-state index in [1.54, 1.807) is 10.4 Å². The highest BCUT2D eigenvalue weighted by Crippen LogP contribution is 2.26. The number of nitrogens with one attached hydrogen (secondary N) is 1. The monoisotopic (exact) mass is 302 g/mol.